The van der Waals surface area contributed by atoms with Crippen molar-refractivity contribution in [3.63, 3.8) is 0 Å². The molecule has 30 heavy (non-hydrogen) atoms. The van der Waals surface area contributed by atoms with Crippen LogP contribution in [0.15, 0.2) is 23.2 Å². The first kappa shape index (κ1) is 24.0. The van der Waals surface area contributed by atoms with Crippen molar-refractivity contribution in [1.29, 1.82) is 0 Å². The molecule has 1 aliphatic carbocycles. The second-order valence-electron chi connectivity index (χ2n) is 7.16. The number of hydrogen-bond acceptors (Lipinski definition) is 5. The smallest absolute Gasteiger partial charge is 0.393 e. The third-order valence-electron chi connectivity index (χ3n) is 4.64. The van der Waals surface area contributed by atoms with Crippen LogP contribution in [0.2, 0.25) is 0 Å². The highest BCUT2D eigenvalue weighted by Gasteiger charge is 2.37. The average Bonchev–Trinajstić information content (AvgIpc) is 2.64. The zero-order valence-corrected chi connectivity index (χ0v) is 15.9. The van der Waals surface area contributed by atoms with E-state index in [2.05, 4.69) is 15.6 Å². The number of hydrogen-bond donors (Lipinski definition) is 5. The van der Waals surface area contributed by atoms with E-state index in [0.717, 1.165) is 12.1 Å². The Kier molecular flexibility index (Phi) is 8.10. The van der Waals surface area contributed by atoms with Gasteiger partial charge in [-0.3, -0.25) is 10.1 Å². The van der Waals surface area contributed by atoms with Crippen molar-refractivity contribution < 1.29 is 31.9 Å². The standard InChI is InChI=1S/C18H24F5N5O2/c19-12-6-1-9(7-13(12)20)16(30)28-17(26-10-2-4-11(29)5-3-10)27-15(25)8-14(24)18(21,22)23/h1,6-7,10-11,14-15,29H,2-5,8,24-25H2,(H2,26,27,28,30). The number of aliphatic imine (C=N–C) groups is 1. The Balaban J connectivity index is 2.13. The maximum Gasteiger partial charge on any atom is 0.403 e. The lowest BCUT2D eigenvalue weighted by Gasteiger charge is -2.25. The molecular weight excluding hydrogens is 413 g/mol. The van der Waals surface area contributed by atoms with Crippen molar-refractivity contribution in [2.24, 2.45) is 16.5 Å². The summed E-state index contributed by atoms with van der Waals surface area (Å²) in [6.45, 7) is 0. The number of aliphatic hydroxyl groups excluding tert-OH is 1. The van der Waals surface area contributed by atoms with Crippen molar-refractivity contribution in [3.8, 4) is 0 Å². The molecule has 0 heterocycles. The molecule has 0 aliphatic heterocycles. The van der Waals surface area contributed by atoms with E-state index in [1.54, 1.807) is 0 Å². The van der Waals surface area contributed by atoms with Gasteiger partial charge >= 0.3 is 6.18 Å². The van der Waals surface area contributed by atoms with Crippen molar-refractivity contribution in [3.05, 3.63) is 35.4 Å². The maximum atomic E-state index is 13.4. The number of amides is 1. The zero-order valence-electron chi connectivity index (χ0n) is 15.9. The highest BCUT2D eigenvalue weighted by Crippen LogP contribution is 2.22. The first-order valence-corrected chi connectivity index (χ1v) is 9.32. The van der Waals surface area contributed by atoms with Gasteiger partial charge in [0.2, 0.25) is 0 Å². The van der Waals surface area contributed by atoms with Crippen LogP contribution in [0, 0.1) is 11.6 Å². The van der Waals surface area contributed by atoms with E-state index in [4.69, 9.17) is 11.5 Å². The fraction of sp³-hybridized carbons (Fsp3) is 0.556. The van der Waals surface area contributed by atoms with Crippen LogP contribution >= 0.6 is 0 Å². The minimum absolute atomic E-state index is 0.215. The van der Waals surface area contributed by atoms with E-state index in [1.165, 1.54) is 0 Å². The molecule has 0 radical (unpaired) electrons. The number of nitrogens with two attached hydrogens (primary N) is 2. The van der Waals surface area contributed by atoms with Gasteiger partial charge in [0.25, 0.3) is 5.91 Å². The Hall–Kier alpha value is -2.31. The fourth-order valence-corrected chi connectivity index (χ4v) is 2.93. The summed E-state index contributed by atoms with van der Waals surface area (Å²) in [5.74, 6) is -3.44. The molecule has 12 heteroatoms. The second-order valence-corrected chi connectivity index (χ2v) is 7.16. The van der Waals surface area contributed by atoms with Crippen LogP contribution in [0.25, 0.3) is 0 Å². The van der Waals surface area contributed by atoms with Crippen LogP contribution in [-0.4, -0.2) is 47.5 Å². The van der Waals surface area contributed by atoms with Gasteiger partial charge in [0.15, 0.2) is 17.6 Å². The molecule has 0 spiro atoms. The highest BCUT2D eigenvalue weighted by atomic mass is 19.4. The third-order valence-corrected chi connectivity index (χ3v) is 4.64. The molecule has 0 saturated heterocycles. The maximum absolute atomic E-state index is 13.4. The largest absolute Gasteiger partial charge is 0.403 e. The van der Waals surface area contributed by atoms with Crippen molar-refractivity contribution in [2.45, 2.75) is 62.6 Å². The number of alkyl halides is 3. The summed E-state index contributed by atoms with van der Waals surface area (Å²) in [4.78, 5) is 16.6. The molecule has 2 unspecified atom stereocenters. The van der Waals surface area contributed by atoms with Crippen LogP contribution in [0.4, 0.5) is 22.0 Å². The van der Waals surface area contributed by atoms with Gasteiger partial charge in [0, 0.05) is 12.0 Å². The quantitative estimate of drug-likeness (QED) is 0.207. The van der Waals surface area contributed by atoms with Crippen LogP contribution in [0.1, 0.15) is 42.5 Å². The Morgan fingerprint density at radius 1 is 1.17 bits per heavy atom. The highest BCUT2D eigenvalue weighted by molar-refractivity contribution is 6.05. The van der Waals surface area contributed by atoms with Crippen molar-refractivity contribution >= 4 is 11.9 Å². The molecule has 2 atom stereocenters. The Bertz CT molecular complexity index is 766. The summed E-state index contributed by atoms with van der Waals surface area (Å²) in [5, 5.41) is 14.4. The predicted octanol–water partition coefficient (Wildman–Crippen LogP) is 1.51. The molecule has 1 aromatic rings. The lowest BCUT2D eigenvalue weighted by molar-refractivity contribution is -0.149. The summed E-state index contributed by atoms with van der Waals surface area (Å²) in [6.07, 6.45) is -5.16. The van der Waals surface area contributed by atoms with Crippen molar-refractivity contribution in [1.82, 2.24) is 10.6 Å². The number of nitrogens with zero attached hydrogens (tertiary/aromatic N) is 1. The molecule has 2 rings (SSSR count). The number of carbonyl (C=O) groups is 1. The van der Waals surface area contributed by atoms with E-state index in [-0.39, 0.29) is 17.6 Å². The van der Waals surface area contributed by atoms with Crippen LogP contribution < -0.4 is 22.1 Å². The van der Waals surface area contributed by atoms with Gasteiger partial charge in [-0.2, -0.15) is 13.2 Å². The van der Waals surface area contributed by atoms with Gasteiger partial charge in [-0.25, -0.2) is 13.8 Å². The second kappa shape index (κ2) is 10.1. The molecule has 0 bridgehead atoms. The minimum Gasteiger partial charge on any atom is -0.393 e. The van der Waals surface area contributed by atoms with Gasteiger partial charge in [0.05, 0.1) is 18.3 Å². The first-order valence-electron chi connectivity index (χ1n) is 9.32. The SMILES string of the molecule is NC(CC(N)C(F)(F)F)NC(=NC1CCC(O)CC1)NC(=O)c1ccc(F)c(F)c1. The summed E-state index contributed by atoms with van der Waals surface area (Å²) < 4.78 is 64.4. The molecule has 7 N–H and O–H groups in total. The summed E-state index contributed by atoms with van der Waals surface area (Å²) in [6, 6.07) is -0.0105. The van der Waals surface area contributed by atoms with Gasteiger partial charge in [-0.05, 0) is 43.9 Å². The Morgan fingerprint density at radius 2 is 1.80 bits per heavy atom. The molecular formula is C18H24F5N5O2. The number of rotatable bonds is 5. The van der Waals surface area contributed by atoms with Gasteiger partial charge in [0.1, 0.15) is 6.04 Å². The summed E-state index contributed by atoms with van der Waals surface area (Å²) in [7, 11) is 0. The molecule has 1 fully saturated rings. The molecule has 168 valence electrons. The van der Waals surface area contributed by atoms with Gasteiger partial charge in [-0.15, -0.1) is 0 Å². The molecule has 0 aromatic heterocycles. The number of guanidine groups is 1. The monoisotopic (exact) mass is 437 g/mol. The number of halogens is 5. The molecule has 1 aliphatic rings. The van der Waals surface area contributed by atoms with Gasteiger partial charge in [-0.1, -0.05) is 0 Å². The molecule has 7 nitrogen and oxygen atoms in total. The van der Waals surface area contributed by atoms with Crippen LogP contribution in [0.3, 0.4) is 0 Å². The van der Waals surface area contributed by atoms with E-state index >= 15 is 0 Å². The van der Waals surface area contributed by atoms with E-state index in [9.17, 15) is 31.9 Å². The topological polar surface area (TPSA) is 126 Å². The van der Waals surface area contributed by atoms with E-state index < -0.39 is 48.5 Å². The Morgan fingerprint density at radius 3 is 2.37 bits per heavy atom. The number of aliphatic hydroxyl groups is 1. The zero-order chi connectivity index (χ0) is 22.5. The third kappa shape index (κ3) is 7.18. The van der Waals surface area contributed by atoms with Crippen molar-refractivity contribution in [2.75, 3.05) is 0 Å². The minimum atomic E-state index is -4.65. The number of nitrogens with one attached hydrogen (secondary N) is 2. The van der Waals surface area contributed by atoms with Crippen LogP contribution in [0.5, 0.6) is 0 Å². The number of benzene rings is 1. The predicted molar refractivity (Wildman–Crippen MR) is 99.3 cm³/mol. The first-order chi connectivity index (χ1) is 14.0. The summed E-state index contributed by atoms with van der Waals surface area (Å²) >= 11 is 0. The molecule has 1 amide bonds. The lowest BCUT2D eigenvalue weighted by atomic mass is 9.94. The van der Waals surface area contributed by atoms with Gasteiger partial charge < -0.3 is 21.9 Å². The van der Waals surface area contributed by atoms with E-state index in [0.29, 0.717) is 31.7 Å². The lowest BCUT2D eigenvalue weighted by Crippen LogP contribution is -2.53. The number of carbonyl (C=O) groups excluding carboxylic acids is 1. The normalized spacial score (nSPS) is 22.3. The molecule has 1 saturated carbocycles. The Labute approximate surface area is 169 Å². The average molecular weight is 437 g/mol. The molecule has 1 aromatic carbocycles. The van der Waals surface area contributed by atoms with Crippen LogP contribution in [-0.2, 0) is 0 Å². The fourth-order valence-electron chi connectivity index (χ4n) is 2.93. The summed E-state index contributed by atoms with van der Waals surface area (Å²) in [5.41, 5.74) is 10.5. The van der Waals surface area contributed by atoms with E-state index in [1.807, 2.05) is 0 Å².